The van der Waals surface area contributed by atoms with Gasteiger partial charge in [-0.1, -0.05) is 91.0 Å². The summed E-state index contributed by atoms with van der Waals surface area (Å²) in [5.41, 5.74) is 9.77. The van der Waals surface area contributed by atoms with E-state index in [1.807, 2.05) is 60.7 Å². The molecule has 8 heteroatoms. The molecular weight excluding hydrogens is 544 g/mol. The summed E-state index contributed by atoms with van der Waals surface area (Å²) >= 11 is 0. The minimum atomic E-state index is -1.06. The number of ether oxygens (including phenoxy) is 4. The number of aliphatic hydroxyl groups excluding tert-OH is 1. The number of rotatable bonds is 13. The standard InChI is InChI=1S/C35H40N2O6/c1-40-23-30-33(39)34(41-22-25-15-18-27-10-5-6-11-29(27)20-25)32(37-31(38)12-7-19-36)35(43-30)42-21-24-13-16-28(17-14-24)26-8-3-2-4-9-26/h2-6,8-11,13-18,20,30,32-35,39H,7,12,19,21-23,36H2,1H3,(H,37,38)/t30-,32-,33-,34-,35?/m1/s1. The number of nitrogens with one attached hydrogen (secondary N) is 1. The molecule has 0 radical (unpaired) electrons. The number of amides is 1. The Labute approximate surface area is 252 Å². The molecule has 4 aromatic carbocycles. The third-order valence-corrected chi connectivity index (χ3v) is 7.67. The maximum absolute atomic E-state index is 12.9. The van der Waals surface area contributed by atoms with Crippen molar-refractivity contribution >= 4 is 16.7 Å². The SMILES string of the molecule is COC[C@H]1OC(OCc2ccc(-c3ccccc3)cc2)[C@H](NC(=O)CCCN)[C@@H](OCc2ccc3ccccc3c2)[C@@H]1O. The first-order valence-corrected chi connectivity index (χ1v) is 14.7. The molecule has 4 N–H and O–H groups in total. The molecule has 5 atom stereocenters. The molecule has 43 heavy (non-hydrogen) atoms. The van der Waals surface area contributed by atoms with E-state index in [9.17, 15) is 9.90 Å². The predicted octanol–water partition coefficient (Wildman–Crippen LogP) is 4.56. The van der Waals surface area contributed by atoms with E-state index in [0.29, 0.717) is 13.0 Å². The van der Waals surface area contributed by atoms with Crippen molar-refractivity contribution in [2.24, 2.45) is 5.73 Å². The van der Waals surface area contributed by atoms with Gasteiger partial charge in [0.2, 0.25) is 5.91 Å². The Morgan fingerprint density at radius 1 is 0.860 bits per heavy atom. The molecule has 1 unspecified atom stereocenters. The lowest BCUT2D eigenvalue weighted by molar-refractivity contribution is -0.282. The summed E-state index contributed by atoms with van der Waals surface area (Å²) in [5.74, 6) is -0.212. The lowest BCUT2D eigenvalue weighted by atomic mass is 9.96. The van der Waals surface area contributed by atoms with Gasteiger partial charge in [0.15, 0.2) is 6.29 Å². The zero-order valence-electron chi connectivity index (χ0n) is 24.4. The highest BCUT2D eigenvalue weighted by Crippen LogP contribution is 2.28. The Kier molecular flexibility index (Phi) is 10.9. The summed E-state index contributed by atoms with van der Waals surface area (Å²) < 4.78 is 24.2. The first-order chi connectivity index (χ1) is 21.1. The summed E-state index contributed by atoms with van der Waals surface area (Å²) in [6, 6.07) is 31.7. The zero-order chi connectivity index (χ0) is 30.0. The summed E-state index contributed by atoms with van der Waals surface area (Å²) in [7, 11) is 1.55. The first-order valence-electron chi connectivity index (χ1n) is 14.7. The predicted molar refractivity (Wildman–Crippen MR) is 166 cm³/mol. The van der Waals surface area contributed by atoms with Crippen LogP contribution in [0.15, 0.2) is 97.1 Å². The summed E-state index contributed by atoms with van der Waals surface area (Å²) in [6.07, 6.45) is -2.70. The van der Waals surface area contributed by atoms with Crippen LogP contribution in [0.4, 0.5) is 0 Å². The molecule has 4 aromatic rings. The number of carbonyl (C=O) groups excluding carboxylic acids is 1. The molecule has 1 fully saturated rings. The fourth-order valence-electron chi connectivity index (χ4n) is 5.36. The van der Waals surface area contributed by atoms with Gasteiger partial charge in [-0.15, -0.1) is 0 Å². The molecule has 1 heterocycles. The van der Waals surface area contributed by atoms with Gasteiger partial charge < -0.3 is 35.1 Å². The Bertz CT molecular complexity index is 1450. The van der Waals surface area contributed by atoms with Crippen LogP contribution in [0.3, 0.4) is 0 Å². The Morgan fingerprint density at radius 2 is 1.53 bits per heavy atom. The minimum absolute atomic E-state index is 0.135. The van der Waals surface area contributed by atoms with Crippen molar-refractivity contribution in [3.05, 3.63) is 108 Å². The fourth-order valence-corrected chi connectivity index (χ4v) is 5.36. The molecule has 0 aromatic heterocycles. The largest absolute Gasteiger partial charge is 0.388 e. The summed E-state index contributed by atoms with van der Waals surface area (Å²) in [4.78, 5) is 12.9. The molecule has 0 bridgehead atoms. The van der Waals surface area contributed by atoms with Crippen molar-refractivity contribution in [3.8, 4) is 11.1 Å². The smallest absolute Gasteiger partial charge is 0.220 e. The third-order valence-electron chi connectivity index (χ3n) is 7.67. The molecule has 0 spiro atoms. The van der Waals surface area contributed by atoms with Crippen molar-refractivity contribution in [1.82, 2.24) is 5.32 Å². The van der Waals surface area contributed by atoms with Gasteiger partial charge in [-0.3, -0.25) is 4.79 Å². The van der Waals surface area contributed by atoms with Gasteiger partial charge in [0.1, 0.15) is 24.4 Å². The molecule has 1 saturated heterocycles. The summed E-state index contributed by atoms with van der Waals surface area (Å²) in [6.45, 7) is 1.00. The van der Waals surface area contributed by atoms with Crippen LogP contribution in [0.25, 0.3) is 21.9 Å². The second-order valence-corrected chi connectivity index (χ2v) is 10.8. The molecular formula is C35H40N2O6. The van der Waals surface area contributed by atoms with Gasteiger partial charge >= 0.3 is 0 Å². The number of hydrogen-bond acceptors (Lipinski definition) is 7. The van der Waals surface area contributed by atoms with Crippen molar-refractivity contribution in [1.29, 1.82) is 0 Å². The van der Waals surface area contributed by atoms with Gasteiger partial charge in [0, 0.05) is 13.5 Å². The second-order valence-electron chi connectivity index (χ2n) is 10.8. The van der Waals surface area contributed by atoms with Crippen LogP contribution in [-0.4, -0.2) is 61.9 Å². The van der Waals surface area contributed by atoms with Crippen molar-refractivity contribution in [3.63, 3.8) is 0 Å². The quantitative estimate of drug-likeness (QED) is 0.211. The van der Waals surface area contributed by atoms with Crippen LogP contribution < -0.4 is 11.1 Å². The number of aliphatic hydroxyl groups is 1. The number of methoxy groups -OCH3 is 1. The monoisotopic (exact) mass is 584 g/mol. The second kappa shape index (κ2) is 15.2. The highest BCUT2D eigenvalue weighted by Gasteiger charge is 2.47. The van der Waals surface area contributed by atoms with Crippen molar-refractivity contribution < 1.29 is 28.8 Å². The fraction of sp³-hybridized carbons (Fsp3) is 0.343. The topological polar surface area (TPSA) is 112 Å². The van der Waals surface area contributed by atoms with Crippen LogP contribution in [0.5, 0.6) is 0 Å². The van der Waals surface area contributed by atoms with Crippen LogP contribution in [0.1, 0.15) is 24.0 Å². The van der Waals surface area contributed by atoms with E-state index in [-0.39, 0.29) is 32.1 Å². The lowest BCUT2D eigenvalue weighted by Gasteiger charge is -2.44. The van der Waals surface area contributed by atoms with Crippen LogP contribution in [0, 0.1) is 0 Å². The van der Waals surface area contributed by atoms with E-state index in [2.05, 4.69) is 41.7 Å². The van der Waals surface area contributed by atoms with Gasteiger partial charge in [-0.2, -0.15) is 0 Å². The van der Waals surface area contributed by atoms with Crippen LogP contribution >= 0.6 is 0 Å². The van der Waals surface area contributed by atoms with E-state index < -0.39 is 30.6 Å². The number of nitrogens with two attached hydrogens (primary N) is 1. The van der Waals surface area contributed by atoms with E-state index in [1.54, 1.807) is 7.11 Å². The molecule has 0 saturated carbocycles. The van der Waals surface area contributed by atoms with Gasteiger partial charge in [0.25, 0.3) is 0 Å². The number of fused-ring (bicyclic) bond motifs is 1. The molecule has 226 valence electrons. The molecule has 8 nitrogen and oxygen atoms in total. The van der Waals surface area contributed by atoms with E-state index in [4.69, 9.17) is 24.7 Å². The van der Waals surface area contributed by atoms with Gasteiger partial charge in [0.05, 0.1) is 19.8 Å². The third kappa shape index (κ3) is 8.06. The number of benzene rings is 4. The highest BCUT2D eigenvalue weighted by atomic mass is 16.7. The van der Waals surface area contributed by atoms with Crippen LogP contribution in [-0.2, 0) is 37.0 Å². The summed E-state index contributed by atoms with van der Waals surface area (Å²) in [5, 5.41) is 16.6. The van der Waals surface area contributed by atoms with Crippen LogP contribution in [0.2, 0.25) is 0 Å². The Balaban J connectivity index is 1.34. The van der Waals surface area contributed by atoms with Gasteiger partial charge in [-0.05, 0) is 52.1 Å². The minimum Gasteiger partial charge on any atom is -0.388 e. The first kappa shape index (κ1) is 30.8. The normalized spacial score (nSPS) is 22.0. The molecule has 0 aliphatic carbocycles. The Hall–Kier alpha value is -3.63. The van der Waals surface area contributed by atoms with Crippen molar-refractivity contribution in [2.75, 3.05) is 20.3 Å². The maximum Gasteiger partial charge on any atom is 0.220 e. The number of carbonyl (C=O) groups is 1. The molecule has 5 rings (SSSR count). The van der Waals surface area contributed by atoms with E-state index >= 15 is 0 Å². The Morgan fingerprint density at radius 3 is 2.28 bits per heavy atom. The zero-order valence-corrected chi connectivity index (χ0v) is 24.4. The maximum atomic E-state index is 12.9. The molecule has 1 aliphatic rings. The lowest BCUT2D eigenvalue weighted by Crippen LogP contribution is -2.65. The molecule has 1 aliphatic heterocycles. The molecule has 1 amide bonds. The number of hydrogen-bond donors (Lipinski definition) is 3. The van der Waals surface area contributed by atoms with E-state index in [0.717, 1.165) is 33.0 Å². The highest BCUT2D eigenvalue weighted by molar-refractivity contribution is 5.83. The average Bonchev–Trinajstić information content (AvgIpc) is 3.05. The average molecular weight is 585 g/mol. The van der Waals surface area contributed by atoms with E-state index in [1.165, 1.54) is 0 Å². The van der Waals surface area contributed by atoms with Gasteiger partial charge in [-0.25, -0.2) is 0 Å². The van der Waals surface area contributed by atoms with Crippen molar-refractivity contribution in [2.45, 2.75) is 56.7 Å².